The van der Waals surface area contributed by atoms with Crippen molar-refractivity contribution in [3.63, 3.8) is 0 Å². The maximum absolute atomic E-state index is 5.45. The Balaban J connectivity index is 0.880. The van der Waals surface area contributed by atoms with E-state index < -0.39 is 0 Å². The number of rotatable bonds is 6. The number of nitrogens with zero attached hydrogens (tertiary/aromatic N) is 4. The summed E-state index contributed by atoms with van der Waals surface area (Å²) in [4.78, 5) is 21.6. The maximum Gasteiger partial charge on any atom is 0.160 e. The average Bonchev–Trinajstić information content (AvgIpc) is 4.02. The first kappa shape index (κ1) is 39.6. The molecule has 6 heteroatoms. The molecule has 0 aliphatic heterocycles. The van der Waals surface area contributed by atoms with Crippen molar-refractivity contribution in [3.05, 3.63) is 252 Å². The first-order chi connectivity index (χ1) is 34.7. The molecule has 0 amide bonds. The zero-order valence-corrected chi connectivity index (χ0v) is 39.2. The summed E-state index contributed by atoms with van der Waals surface area (Å²) >= 11 is 3.66. The fraction of sp³-hybridized carbons (Fsp3) is 0.0312. The van der Waals surface area contributed by atoms with Gasteiger partial charge in [0.25, 0.3) is 0 Å². The molecular formula is C64H38N4S2. The molecule has 0 fully saturated rings. The van der Waals surface area contributed by atoms with Gasteiger partial charge in [0.15, 0.2) is 11.6 Å². The van der Waals surface area contributed by atoms with Gasteiger partial charge in [-0.15, -0.1) is 22.7 Å². The van der Waals surface area contributed by atoms with Gasteiger partial charge >= 0.3 is 0 Å². The molecule has 70 heavy (non-hydrogen) atoms. The Morgan fingerprint density at radius 3 is 1.13 bits per heavy atom. The van der Waals surface area contributed by atoms with Crippen molar-refractivity contribution in [1.29, 1.82) is 0 Å². The van der Waals surface area contributed by atoms with Crippen LogP contribution < -0.4 is 0 Å². The number of fused-ring (bicyclic) bond motifs is 6. The van der Waals surface area contributed by atoms with E-state index in [9.17, 15) is 0 Å². The van der Waals surface area contributed by atoms with Crippen LogP contribution in [0.15, 0.2) is 218 Å². The molecule has 0 N–H and O–H groups in total. The summed E-state index contributed by atoms with van der Waals surface area (Å²) in [6.45, 7) is 0. The summed E-state index contributed by atoms with van der Waals surface area (Å²) in [5.41, 5.74) is 18.0. The van der Waals surface area contributed by atoms with E-state index in [-0.39, 0.29) is 11.8 Å². The third-order valence-electron chi connectivity index (χ3n) is 14.5. The molecule has 2 atom stereocenters. The second-order valence-corrected chi connectivity index (χ2v) is 20.6. The molecule has 0 saturated carbocycles. The van der Waals surface area contributed by atoms with Gasteiger partial charge in [0, 0.05) is 85.6 Å². The van der Waals surface area contributed by atoms with Crippen molar-refractivity contribution < 1.29 is 0 Å². The normalized spacial score (nSPS) is 14.6. The van der Waals surface area contributed by atoms with E-state index in [1.807, 2.05) is 22.7 Å². The van der Waals surface area contributed by atoms with E-state index in [0.717, 1.165) is 67.8 Å². The zero-order valence-electron chi connectivity index (χ0n) is 37.5. The van der Waals surface area contributed by atoms with E-state index in [1.165, 1.54) is 73.7 Å². The second kappa shape index (κ2) is 15.6. The van der Waals surface area contributed by atoms with Crippen LogP contribution in [0.3, 0.4) is 0 Å². The molecule has 0 saturated heterocycles. The monoisotopic (exact) mass is 926 g/mol. The summed E-state index contributed by atoms with van der Waals surface area (Å²) in [5.74, 6) is 1.52. The van der Waals surface area contributed by atoms with E-state index in [4.69, 9.17) is 19.9 Å². The second-order valence-electron chi connectivity index (χ2n) is 18.4. The summed E-state index contributed by atoms with van der Waals surface area (Å²) in [7, 11) is 0. The highest BCUT2D eigenvalue weighted by molar-refractivity contribution is 7.26. The molecule has 16 rings (SSSR count). The molecule has 9 aromatic carbocycles. The third-order valence-corrected chi connectivity index (χ3v) is 16.8. The molecule has 2 bridgehead atoms. The predicted molar refractivity (Wildman–Crippen MR) is 291 cm³/mol. The summed E-state index contributed by atoms with van der Waals surface area (Å²) in [5, 5.41) is 4.99. The van der Waals surface area contributed by atoms with Crippen molar-refractivity contribution in [2.24, 2.45) is 0 Å². The largest absolute Gasteiger partial charge is 0.228 e. The Hall–Kier alpha value is -8.42. The minimum atomic E-state index is 0.0412. The lowest BCUT2D eigenvalue weighted by atomic mass is 9.61. The van der Waals surface area contributed by atoms with Crippen molar-refractivity contribution >= 4 is 63.0 Å². The quantitative estimate of drug-likeness (QED) is 0.167. The van der Waals surface area contributed by atoms with Crippen molar-refractivity contribution in [2.45, 2.75) is 11.8 Å². The topological polar surface area (TPSA) is 51.6 Å². The molecule has 4 aromatic heterocycles. The van der Waals surface area contributed by atoms with Crippen molar-refractivity contribution in [3.8, 4) is 67.8 Å². The van der Waals surface area contributed by atoms with Gasteiger partial charge in [-0.2, -0.15) is 0 Å². The summed E-state index contributed by atoms with van der Waals surface area (Å²) < 4.78 is 5.06. The molecule has 4 heterocycles. The highest BCUT2D eigenvalue weighted by Crippen LogP contribution is 2.57. The molecule has 4 nitrogen and oxygen atoms in total. The van der Waals surface area contributed by atoms with Gasteiger partial charge < -0.3 is 0 Å². The van der Waals surface area contributed by atoms with Crippen LogP contribution in [0.1, 0.15) is 45.2 Å². The Morgan fingerprint density at radius 2 is 0.657 bits per heavy atom. The van der Waals surface area contributed by atoms with Crippen LogP contribution in [0.4, 0.5) is 0 Å². The van der Waals surface area contributed by atoms with Crippen LogP contribution >= 0.6 is 22.7 Å². The number of aromatic nitrogens is 4. The number of benzene rings is 9. The van der Waals surface area contributed by atoms with Gasteiger partial charge in [-0.25, -0.2) is 19.9 Å². The first-order valence-corrected chi connectivity index (χ1v) is 25.4. The van der Waals surface area contributed by atoms with Gasteiger partial charge in [0.2, 0.25) is 0 Å². The van der Waals surface area contributed by atoms with Crippen LogP contribution in [-0.2, 0) is 0 Å². The number of hydrogen-bond donors (Lipinski definition) is 0. The SMILES string of the molecule is c1ccc(-c2cc(-c3cccc4sc5ccccc5c34)nc(-c3ccc4c(c3)C3c5ccccc5C4c4cc(-c5nc(-c6ccccc6)cc(-c6cccc7sc8ccccc8c67)n5)ccc43)n2)cc1. The highest BCUT2D eigenvalue weighted by atomic mass is 32.1. The molecule has 2 unspecified atom stereocenters. The molecule has 326 valence electrons. The standard InChI is InChI=1S/C64H38N4S2/c1-3-15-37(16-4-1)51-35-53(45-23-13-27-57-61(45)47-21-9-11-25-55(47)69-57)67-63(65-51)39-29-31-43-49(33-39)59-41-19-7-8-20-42(41)60(43)50-34-40(30-32-44(50)59)64-66-52(38-17-5-2-6-18-38)36-54(68-64)46-24-14-28-58-62(46)48-22-10-12-26-56(48)70-58/h1-36,59-60H. The summed E-state index contributed by atoms with van der Waals surface area (Å²) in [6, 6.07) is 78.9. The lowest BCUT2D eigenvalue weighted by Crippen LogP contribution is -2.27. The molecular weight excluding hydrogens is 889 g/mol. The predicted octanol–water partition coefficient (Wildman–Crippen LogP) is 17.0. The smallest absolute Gasteiger partial charge is 0.160 e. The Kier molecular flexibility index (Phi) is 8.79. The molecule has 13 aromatic rings. The van der Waals surface area contributed by atoms with Crippen molar-refractivity contribution in [1.82, 2.24) is 19.9 Å². The molecule has 0 radical (unpaired) electrons. The number of thiophene rings is 2. The Labute approximate surface area is 411 Å². The summed E-state index contributed by atoms with van der Waals surface area (Å²) in [6.07, 6.45) is 0. The van der Waals surface area contributed by atoms with Crippen LogP contribution in [0.2, 0.25) is 0 Å². The first-order valence-electron chi connectivity index (χ1n) is 23.8. The van der Waals surface area contributed by atoms with Gasteiger partial charge in [0.05, 0.1) is 22.8 Å². The van der Waals surface area contributed by atoms with E-state index in [1.54, 1.807) is 0 Å². The molecule has 3 aliphatic rings. The third kappa shape index (κ3) is 6.13. The van der Waals surface area contributed by atoms with Crippen LogP contribution in [0.5, 0.6) is 0 Å². The van der Waals surface area contributed by atoms with Crippen molar-refractivity contribution in [2.75, 3.05) is 0 Å². The lowest BCUT2D eigenvalue weighted by Gasteiger charge is -2.42. The Morgan fingerprint density at radius 1 is 0.271 bits per heavy atom. The molecule has 3 aliphatic carbocycles. The fourth-order valence-corrected chi connectivity index (χ4v) is 13.7. The maximum atomic E-state index is 5.45. The van der Waals surface area contributed by atoms with E-state index in [2.05, 4.69) is 218 Å². The minimum absolute atomic E-state index is 0.0412. The minimum Gasteiger partial charge on any atom is -0.228 e. The van der Waals surface area contributed by atoms with Crippen LogP contribution in [0.25, 0.3) is 108 Å². The van der Waals surface area contributed by atoms with Crippen LogP contribution in [-0.4, -0.2) is 19.9 Å². The van der Waals surface area contributed by atoms with E-state index in [0.29, 0.717) is 0 Å². The van der Waals surface area contributed by atoms with Crippen LogP contribution in [0, 0.1) is 0 Å². The van der Waals surface area contributed by atoms with Gasteiger partial charge in [-0.3, -0.25) is 0 Å². The van der Waals surface area contributed by atoms with Gasteiger partial charge in [0.1, 0.15) is 0 Å². The zero-order chi connectivity index (χ0) is 45.9. The highest BCUT2D eigenvalue weighted by Gasteiger charge is 2.41. The fourth-order valence-electron chi connectivity index (χ4n) is 11.4. The lowest BCUT2D eigenvalue weighted by molar-refractivity contribution is 0.754. The molecule has 0 spiro atoms. The van der Waals surface area contributed by atoms with Gasteiger partial charge in [-0.05, 0) is 81.9 Å². The number of hydrogen-bond acceptors (Lipinski definition) is 6. The average molecular weight is 927 g/mol. The van der Waals surface area contributed by atoms with Gasteiger partial charge in [-0.1, -0.05) is 170 Å². The van der Waals surface area contributed by atoms with E-state index >= 15 is 0 Å². The Bertz CT molecular complexity index is 3990.